The molecule has 0 aliphatic rings. The highest BCUT2D eigenvalue weighted by atomic mass is 32.1. The monoisotopic (exact) mass is 289 g/mol. The predicted octanol–water partition coefficient (Wildman–Crippen LogP) is 4.20. The van der Waals surface area contributed by atoms with E-state index in [0.717, 1.165) is 10.9 Å². The first-order chi connectivity index (χ1) is 8.98. The van der Waals surface area contributed by atoms with Gasteiger partial charge in [-0.3, -0.25) is 0 Å². The molecule has 0 saturated carbocycles. The maximum Gasteiger partial charge on any atom is 0.419 e. The Kier molecular flexibility index (Phi) is 4.21. The van der Waals surface area contributed by atoms with Gasteiger partial charge in [-0.25, -0.2) is 4.39 Å². The third kappa shape index (κ3) is 3.54. The molecular formula is C13H11F4NS. The van der Waals surface area contributed by atoms with Crippen molar-refractivity contribution in [3.05, 3.63) is 57.5 Å². The third-order valence-electron chi connectivity index (χ3n) is 2.58. The van der Waals surface area contributed by atoms with Gasteiger partial charge in [0.05, 0.1) is 5.56 Å². The van der Waals surface area contributed by atoms with Crippen LogP contribution in [0.2, 0.25) is 0 Å². The second-order valence-electron chi connectivity index (χ2n) is 3.96. The molecule has 2 rings (SSSR count). The van der Waals surface area contributed by atoms with Gasteiger partial charge in [-0.1, -0.05) is 18.2 Å². The van der Waals surface area contributed by atoms with Crippen LogP contribution in [0, 0.1) is 5.82 Å². The highest BCUT2D eigenvalue weighted by Gasteiger charge is 2.34. The Labute approximate surface area is 111 Å². The molecule has 6 heteroatoms. The molecule has 1 heterocycles. The highest BCUT2D eigenvalue weighted by Crippen LogP contribution is 2.32. The molecule has 0 fully saturated rings. The summed E-state index contributed by atoms with van der Waals surface area (Å²) in [7, 11) is 0. The van der Waals surface area contributed by atoms with Crippen molar-refractivity contribution in [2.75, 3.05) is 0 Å². The van der Waals surface area contributed by atoms with E-state index in [2.05, 4.69) is 5.32 Å². The van der Waals surface area contributed by atoms with Crippen LogP contribution in [0.4, 0.5) is 17.6 Å². The average Bonchev–Trinajstić information content (AvgIpc) is 2.83. The van der Waals surface area contributed by atoms with Crippen LogP contribution in [-0.2, 0) is 19.3 Å². The SMILES string of the molecule is Fc1c(CNCc2cccs2)cccc1C(F)(F)F. The molecule has 0 unspecified atom stereocenters. The smallest absolute Gasteiger partial charge is 0.308 e. The zero-order valence-corrected chi connectivity index (χ0v) is 10.6. The molecule has 0 saturated heterocycles. The standard InChI is InChI=1S/C13H11F4NS/c14-12-9(3-1-5-11(12)13(15,16)17)7-18-8-10-4-2-6-19-10/h1-6,18H,7-8H2. The van der Waals surface area contributed by atoms with E-state index < -0.39 is 17.6 Å². The minimum Gasteiger partial charge on any atom is -0.308 e. The Morgan fingerprint density at radius 3 is 2.47 bits per heavy atom. The van der Waals surface area contributed by atoms with Gasteiger partial charge < -0.3 is 5.32 Å². The fourth-order valence-corrected chi connectivity index (χ4v) is 2.34. The summed E-state index contributed by atoms with van der Waals surface area (Å²) in [6.45, 7) is 0.570. The van der Waals surface area contributed by atoms with Crippen molar-refractivity contribution in [2.45, 2.75) is 19.3 Å². The fourth-order valence-electron chi connectivity index (χ4n) is 1.67. The molecule has 0 aliphatic carbocycles. The van der Waals surface area contributed by atoms with Gasteiger partial charge in [0.2, 0.25) is 0 Å². The number of nitrogens with one attached hydrogen (secondary N) is 1. The molecular weight excluding hydrogens is 278 g/mol. The van der Waals surface area contributed by atoms with Crippen LogP contribution < -0.4 is 5.32 Å². The van der Waals surface area contributed by atoms with E-state index in [1.54, 1.807) is 0 Å². The largest absolute Gasteiger partial charge is 0.419 e. The maximum absolute atomic E-state index is 13.7. The lowest BCUT2D eigenvalue weighted by atomic mass is 10.1. The van der Waals surface area contributed by atoms with Crippen molar-refractivity contribution in [3.63, 3.8) is 0 Å². The molecule has 0 spiro atoms. The van der Waals surface area contributed by atoms with Crippen LogP contribution in [-0.4, -0.2) is 0 Å². The van der Waals surface area contributed by atoms with Gasteiger partial charge in [-0.15, -0.1) is 11.3 Å². The first kappa shape index (κ1) is 14.0. The van der Waals surface area contributed by atoms with Gasteiger partial charge in [0.1, 0.15) is 5.82 Å². The van der Waals surface area contributed by atoms with E-state index in [4.69, 9.17) is 0 Å². The molecule has 0 aliphatic heterocycles. The second-order valence-corrected chi connectivity index (χ2v) is 4.99. The molecule has 19 heavy (non-hydrogen) atoms. The van der Waals surface area contributed by atoms with Crippen LogP contribution >= 0.6 is 11.3 Å². The van der Waals surface area contributed by atoms with Crippen molar-refractivity contribution in [2.24, 2.45) is 0 Å². The van der Waals surface area contributed by atoms with Gasteiger partial charge in [-0.2, -0.15) is 13.2 Å². The van der Waals surface area contributed by atoms with E-state index in [1.807, 2.05) is 17.5 Å². The quantitative estimate of drug-likeness (QED) is 0.832. The van der Waals surface area contributed by atoms with Crippen LogP contribution in [0.1, 0.15) is 16.0 Å². The topological polar surface area (TPSA) is 12.0 Å². The average molecular weight is 289 g/mol. The lowest BCUT2D eigenvalue weighted by Crippen LogP contribution is -2.16. The first-order valence-corrected chi connectivity index (χ1v) is 6.44. The van der Waals surface area contributed by atoms with Crippen molar-refractivity contribution in [1.82, 2.24) is 5.32 Å². The summed E-state index contributed by atoms with van der Waals surface area (Å²) >= 11 is 1.53. The molecule has 0 radical (unpaired) electrons. The first-order valence-electron chi connectivity index (χ1n) is 5.56. The Balaban J connectivity index is 2.04. The normalized spacial score (nSPS) is 11.8. The molecule has 102 valence electrons. The molecule has 1 nitrogen and oxygen atoms in total. The van der Waals surface area contributed by atoms with E-state index in [9.17, 15) is 17.6 Å². The van der Waals surface area contributed by atoms with Crippen molar-refractivity contribution < 1.29 is 17.6 Å². The predicted molar refractivity (Wildman–Crippen MR) is 66.3 cm³/mol. The zero-order valence-electron chi connectivity index (χ0n) is 9.80. The summed E-state index contributed by atoms with van der Waals surface area (Å²) in [6, 6.07) is 7.10. The summed E-state index contributed by atoms with van der Waals surface area (Å²) in [5.41, 5.74) is -1.20. The van der Waals surface area contributed by atoms with E-state index in [0.29, 0.717) is 6.54 Å². The van der Waals surface area contributed by atoms with Crippen LogP contribution in [0.15, 0.2) is 35.7 Å². The number of halogens is 4. The molecule has 0 atom stereocenters. The summed E-state index contributed by atoms with van der Waals surface area (Å²) in [5.74, 6) is -1.20. The van der Waals surface area contributed by atoms with E-state index >= 15 is 0 Å². The van der Waals surface area contributed by atoms with E-state index in [-0.39, 0.29) is 12.1 Å². The van der Waals surface area contributed by atoms with Crippen LogP contribution in [0.5, 0.6) is 0 Å². The van der Waals surface area contributed by atoms with Gasteiger partial charge in [-0.05, 0) is 17.5 Å². The Morgan fingerprint density at radius 1 is 1.05 bits per heavy atom. The van der Waals surface area contributed by atoms with Gasteiger partial charge in [0, 0.05) is 23.5 Å². The number of thiophene rings is 1. The van der Waals surface area contributed by atoms with E-state index in [1.165, 1.54) is 23.5 Å². The van der Waals surface area contributed by atoms with Gasteiger partial charge in [0.15, 0.2) is 0 Å². The summed E-state index contributed by atoms with van der Waals surface area (Å²) in [6.07, 6.45) is -4.66. The summed E-state index contributed by atoms with van der Waals surface area (Å²) in [4.78, 5) is 1.05. The zero-order chi connectivity index (χ0) is 13.9. The number of rotatable bonds is 4. The molecule has 1 aromatic carbocycles. The van der Waals surface area contributed by atoms with Crippen molar-refractivity contribution in [3.8, 4) is 0 Å². The minimum atomic E-state index is -4.66. The Bertz CT molecular complexity index is 534. The molecule has 0 amide bonds. The lowest BCUT2D eigenvalue weighted by Gasteiger charge is -2.11. The van der Waals surface area contributed by atoms with Gasteiger partial charge >= 0.3 is 6.18 Å². The highest BCUT2D eigenvalue weighted by molar-refractivity contribution is 7.09. The number of hydrogen-bond donors (Lipinski definition) is 1. The Morgan fingerprint density at radius 2 is 1.84 bits per heavy atom. The van der Waals surface area contributed by atoms with Crippen molar-refractivity contribution >= 4 is 11.3 Å². The molecule has 2 aromatic rings. The molecule has 1 N–H and O–H groups in total. The summed E-state index contributed by atoms with van der Waals surface area (Å²) in [5, 5.41) is 4.83. The van der Waals surface area contributed by atoms with Crippen LogP contribution in [0.3, 0.4) is 0 Å². The Hall–Kier alpha value is -1.40. The maximum atomic E-state index is 13.7. The minimum absolute atomic E-state index is 0.0198. The van der Waals surface area contributed by atoms with Crippen molar-refractivity contribution in [1.29, 1.82) is 0 Å². The molecule has 0 bridgehead atoms. The van der Waals surface area contributed by atoms with Gasteiger partial charge in [0.25, 0.3) is 0 Å². The van der Waals surface area contributed by atoms with Crippen LogP contribution in [0.25, 0.3) is 0 Å². The number of alkyl halides is 3. The molecule has 1 aromatic heterocycles. The fraction of sp³-hybridized carbons (Fsp3) is 0.231. The third-order valence-corrected chi connectivity index (χ3v) is 3.46. The second kappa shape index (κ2) is 5.71. The number of benzene rings is 1. The lowest BCUT2D eigenvalue weighted by molar-refractivity contribution is -0.140. The summed E-state index contributed by atoms with van der Waals surface area (Å²) < 4.78 is 51.2. The number of hydrogen-bond acceptors (Lipinski definition) is 2.